The first-order valence-corrected chi connectivity index (χ1v) is 3.21. The zero-order chi connectivity index (χ0) is 9.94. The van der Waals surface area contributed by atoms with E-state index >= 15 is 0 Å². The highest BCUT2D eigenvalue weighted by molar-refractivity contribution is 5.57. The number of ether oxygens (including phenoxy) is 1. The van der Waals surface area contributed by atoms with E-state index in [0.29, 0.717) is 0 Å². The lowest BCUT2D eigenvalue weighted by Crippen LogP contribution is -2.32. The Morgan fingerprint density at radius 3 is 2.08 bits per heavy atom. The second kappa shape index (κ2) is 3.64. The first-order chi connectivity index (χ1) is 5.25. The summed E-state index contributed by atoms with van der Waals surface area (Å²) in [6.07, 6.45) is -7.49. The first-order valence-electron chi connectivity index (χ1n) is 3.21. The molecule has 0 bridgehead atoms. The highest BCUT2D eigenvalue weighted by Gasteiger charge is 2.41. The molecule has 0 heterocycles. The van der Waals surface area contributed by atoms with Crippen molar-refractivity contribution in [3.8, 4) is 0 Å². The molecule has 12 heavy (non-hydrogen) atoms. The van der Waals surface area contributed by atoms with E-state index in [9.17, 15) is 18.0 Å². The monoisotopic (exact) mass is 186 g/mol. The molecule has 0 rings (SSSR count). The Hall–Kier alpha value is -0.940. The molecule has 0 aliphatic heterocycles. The molecule has 0 amide bonds. The van der Waals surface area contributed by atoms with Crippen LogP contribution in [-0.2, 0) is 4.74 Å². The van der Waals surface area contributed by atoms with Gasteiger partial charge in [0, 0.05) is 0 Å². The quantitative estimate of drug-likeness (QED) is 0.673. The van der Waals surface area contributed by atoms with E-state index in [2.05, 4.69) is 4.74 Å². The van der Waals surface area contributed by atoms with Crippen LogP contribution in [0.15, 0.2) is 0 Å². The minimum atomic E-state index is -4.42. The third kappa shape index (κ3) is 3.45. The molecule has 0 fully saturated rings. The van der Waals surface area contributed by atoms with Crippen LogP contribution in [0, 0.1) is 5.92 Å². The van der Waals surface area contributed by atoms with Gasteiger partial charge < -0.3 is 9.84 Å². The third-order valence-electron chi connectivity index (χ3n) is 1.51. The first kappa shape index (κ1) is 11.1. The number of hydrogen-bond donors (Lipinski definition) is 1. The topological polar surface area (TPSA) is 46.5 Å². The van der Waals surface area contributed by atoms with Crippen molar-refractivity contribution in [3.05, 3.63) is 0 Å². The zero-order valence-electron chi connectivity index (χ0n) is 6.55. The van der Waals surface area contributed by atoms with Crippen LogP contribution in [-0.4, -0.2) is 23.5 Å². The van der Waals surface area contributed by atoms with Crippen molar-refractivity contribution in [3.63, 3.8) is 0 Å². The van der Waals surface area contributed by atoms with Crippen LogP contribution < -0.4 is 0 Å². The van der Waals surface area contributed by atoms with Crippen LogP contribution in [0.5, 0.6) is 0 Å². The molecule has 0 aromatic rings. The molecular formula is C6H9F3O3. The van der Waals surface area contributed by atoms with Crippen LogP contribution >= 0.6 is 0 Å². The Bertz CT molecular complexity index is 166. The normalized spacial score (nSPS) is 16.8. The highest BCUT2D eigenvalue weighted by atomic mass is 19.4. The zero-order valence-corrected chi connectivity index (χ0v) is 6.55. The molecule has 0 saturated carbocycles. The minimum Gasteiger partial charge on any atom is -0.450 e. The van der Waals surface area contributed by atoms with Crippen molar-refractivity contribution in [1.82, 2.24) is 0 Å². The average Bonchev–Trinajstić information content (AvgIpc) is 1.82. The molecular weight excluding hydrogens is 177 g/mol. The summed E-state index contributed by atoms with van der Waals surface area (Å²) in [7, 11) is 0. The fraction of sp³-hybridized carbons (Fsp3) is 0.833. The van der Waals surface area contributed by atoms with Crippen LogP contribution in [0.2, 0.25) is 0 Å². The van der Waals surface area contributed by atoms with Crippen molar-refractivity contribution >= 4 is 6.16 Å². The van der Waals surface area contributed by atoms with Crippen molar-refractivity contribution in [2.75, 3.05) is 0 Å². The minimum absolute atomic E-state index is 0.869. The smallest absolute Gasteiger partial charge is 0.450 e. The molecule has 0 aliphatic rings. The molecule has 6 heteroatoms. The molecule has 72 valence electrons. The van der Waals surface area contributed by atoms with E-state index in [4.69, 9.17) is 5.11 Å². The largest absolute Gasteiger partial charge is 0.506 e. The fourth-order valence-electron chi connectivity index (χ4n) is 0.527. The van der Waals surface area contributed by atoms with Gasteiger partial charge >= 0.3 is 12.3 Å². The lowest BCUT2D eigenvalue weighted by molar-refractivity contribution is -0.193. The Labute approximate surface area is 67.1 Å². The predicted molar refractivity (Wildman–Crippen MR) is 33.8 cm³/mol. The third-order valence-corrected chi connectivity index (χ3v) is 1.51. The van der Waals surface area contributed by atoms with Crippen LogP contribution in [0.4, 0.5) is 18.0 Å². The van der Waals surface area contributed by atoms with Crippen LogP contribution in [0.1, 0.15) is 13.8 Å². The van der Waals surface area contributed by atoms with E-state index in [-0.39, 0.29) is 0 Å². The molecule has 0 aromatic heterocycles. The van der Waals surface area contributed by atoms with Crippen LogP contribution in [0.25, 0.3) is 0 Å². The number of hydrogen-bond acceptors (Lipinski definition) is 2. The van der Waals surface area contributed by atoms with Gasteiger partial charge in [0.25, 0.3) is 0 Å². The second-order valence-electron chi connectivity index (χ2n) is 2.42. The Balaban J connectivity index is 4.10. The molecule has 0 spiro atoms. The SMILES string of the molecule is CC(OC(=O)O)C(C)C(F)(F)F. The van der Waals surface area contributed by atoms with Crippen molar-refractivity contribution < 1.29 is 27.8 Å². The van der Waals surface area contributed by atoms with Crippen LogP contribution in [0.3, 0.4) is 0 Å². The highest BCUT2D eigenvalue weighted by Crippen LogP contribution is 2.29. The maximum absolute atomic E-state index is 11.9. The molecule has 1 N–H and O–H groups in total. The number of rotatable bonds is 2. The van der Waals surface area contributed by atoms with Gasteiger partial charge in [0.1, 0.15) is 6.10 Å². The van der Waals surface area contributed by atoms with Gasteiger partial charge in [-0.15, -0.1) is 0 Å². The lowest BCUT2D eigenvalue weighted by Gasteiger charge is -2.20. The van der Waals surface area contributed by atoms with Gasteiger partial charge in [0.05, 0.1) is 5.92 Å². The summed E-state index contributed by atoms with van der Waals surface area (Å²) in [6, 6.07) is 0. The summed E-state index contributed by atoms with van der Waals surface area (Å²) in [6.45, 7) is 1.93. The Morgan fingerprint density at radius 1 is 1.42 bits per heavy atom. The average molecular weight is 186 g/mol. The van der Waals surface area contributed by atoms with Crippen molar-refractivity contribution in [2.24, 2.45) is 5.92 Å². The van der Waals surface area contributed by atoms with E-state index in [1.807, 2.05) is 0 Å². The Kier molecular flexibility index (Phi) is 3.36. The molecule has 3 nitrogen and oxygen atoms in total. The van der Waals surface area contributed by atoms with E-state index in [1.54, 1.807) is 0 Å². The van der Waals surface area contributed by atoms with Crippen molar-refractivity contribution in [1.29, 1.82) is 0 Å². The summed E-state index contributed by atoms with van der Waals surface area (Å²) in [5.74, 6) is -1.78. The summed E-state index contributed by atoms with van der Waals surface area (Å²) in [5, 5.41) is 8.01. The predicted octanol–water partition coefficient (Wildman–Crippen LogP) is 2.27. The van der Waals surface area contributed by atoms with E-state index in [0.717, 1.165) is 13.8 Å². The van der Waals surface area contributed by atoms with Gasteiger partial charge in [-0.1, -0.05) is 6.92 Å². The molecule has 0 aliphatic carbocycles. The summed E-state index contributed by atoms with van der Waals surface area (Å²) < 4.78 is 39.6. The molecule has 2 atom stereocenters. The maximum atomic E-state index is 11.9. The lowest BCUT2D eigenvalue weighted by atomic mass is 10.1. The Morgan fingerprint density at radius 2 is 1.83 bits per heavy atom. The summed E-state index contributed by atoms with van der Waals surface area (Å²) in [5.41, 5.74) is 0. The summed E-state index contributed by atoms with van der Waals surface area (Å²) in [4.78, 5) is 9.85. The van der Waals surface area contributed by atoms with Gasteiger partial charge in [0.15, 0.2) is 0 Å². The van der Waals surface area contributed by atoms with Gasteiger partial charge in [-0.2, -0.15) is 13.2 Å². The molecule has 0 aromatic carbocycles. The molecule has 0 saturated heterocycles. The number of carboxylic acid groups (broad SMARTS) is 1. The number of halogens is 3. The van der Waals surface area contributed by atoms with Gasteiger partial charge in [0.2, 0.25) is 0 Å². The summed E-state index contributed by atoms with van der Waals surface area (Å²) >= 11 is 0. The molecule has 2 unspecified atom stereocenters. The standard InChI is InChI=1S/C6H9F3O3/c1-3(6(7,8)9)4(2)12-5(10)11/h3-4H,1-2H3,(H,10,11). The van der Waals surface area contributed by atoms with E-state index < -0.39 is 24.4 Å². The maximum Gasteiger partial charge on any atom is 0.506 e. The van der Waals surface area contributed by atoms with Gasteiger partial charge in [-0.05, 0) is 6.92 Å². The van der Waals surface area contributed by atoms with Gasteiger partial charge in [-0.3, -0.25) is 0 Å². The number of carbonyl (C=O) groups is 1. The second-order valence-corrected chi connectivity index (χ2v) is 2.42. The van der Waals surface area contributed by atoms with Gasteiger partial charge in [-0.25, -0.2) is 4.79 Å². The van der Waals surface area contributed by atoms with E-state index in [1.165, 1.54) is 0 Å². The molecule has 0 radical (unpaired) electrons. The number of alkyl halides is 3. The fourth-order valence-corrected chi connectivity index (χ4v) is 0.527. The van der Waals surface area contributed by atoms with Crippen molar-refractivity contribution in [2.45, 2.75) is 26.1 Å².